The third kappa shape index (κ3) is 2.63. The highest BCUT2D eigenvalue weighted by Gasteiger charge is 2.51. The summed E-state index contributed by atoms with van der Waals surface area (Å²) in [5, 5.41) is 0. The largest absolute Gasteiger partial charge is 0.484 e. The monoisotopic (exact) mass is 373 g/mol. The van der Waals surface area contributed by atoms with Gasteiger partial charge in [-0.3, -0.25) is 9.59 Å². The average molecular weight is 373 g/mol. The highest BCUT2D eigenvalue weighted by molar-refractivity contribution is 6.34. The number of amides is 1. The fourth-order valence-electron chi connectivity index (χ4n) is 4.12. The van der Waals surface area contributed by atoms with Crippen molar-refractivity contribution in [2.75, 3.05) is 0 Å². The highest BCUT2D eigenvalue weighted by Crippen LogP contribution is 2.48. The number of benzene rings is 2. The summed E-state index contributed by atoms with van der Waals surface area (Å²) in [6, 6.07) is 15.3. The quantitative estimate of drug-likeness (QED) is 0.757. The van der Waals surface area contributed by atoms with Crippen molar-refractivity contribution in [3.8, 4) is 0 Å². The molecule has 1 amide bonds. The van der Waals surface area contributed by atoms with Gasteiger partial charge in [-0.2, -0.15) is 0 Å². The molecule has 0 atom stereocenters. The van der Waals surface area contributed by atoms with Gasteiger partial charge in [-0.15, -0.1) is 0 Å². The van der Waals surface area contributed by atoms with E-state index in [1.54, 1.807) is 6.07 Å². The minimum Gasteiger partial charge on any atom is -0.484 e. The molecular weight excluding hydrogens is 350 g/mol. The van der Waals surface area contributed by atoms with E-state index in [-0.39, 0.29) is 24.1 Å². The molecule has 4 nitrogen and oxygen atoms in total. The van der Waals surface area contributed by atoms with Crippen molar-refractivity contribution in [3.63, 3.8) is 0 Å². The first-order valence-corrected chi connectivity index (χ1v) is 9.72. The van der Waals surface area contributed by atoms with E-state index < -0.39 is 5.41 Å². The number of nitrogens with zero attached hydrogens (tertiary/aromatic N) is 1. The number of aliphatic imine (C=N–C) groups is 1. The number of Topliss-reactive ketones (excluding diaryl/α,β-unsaturated/α-hetero) is 1. The van der Waals surface area contributed by atoms with Gasteiger partial charge in [0.25, 0.3) is 5.91 Å². The van der Waals surface area contributed by atoms with Gasteiger partial charge in [0.15, 0.2) is 5.76 Å². The summed E-state index contributed by atoms with van der Waals surface area (Å²) in [6.07, 6.45) is 1.16. The van der Waals surface area contributed by atoms with Gasteiger partial charge in [-0.05, 0) is 25.3 Å². The van der Waals surface area contributed by atoms with E-state index in [1.165, 1.54) is 5.56 Å². The van der Waals surface area contributed by atoms with Gasteiger partial charge in [0.05, 0.1) is 11.1 Å². The Bertz CT molecular complexity index is 1020. The summed E-state index contributed by atoms with van der Waals surface area (Å²) >= 11 is 0. The predicted octanol–water partition coefficient (Wildman–Crippen LogP) is 4.80. The van der Waals surface area contributed by atoms with Crippen molar-refractivity contribution in [2.24, 2.45) is 10.4 Å². The molecule has 2 aromatic carbocycles. The number of ether oxygens (including phenoxy) is 1. The van der Waals surface area contributed by atoms with Crippen molar-refractivity contribution in [3.05, 3.63) is 82.1 Å². The van der Waals surface area contributed by atoms with Crippen molar-refractivity contribution in [1.82, 2.24) is 0 Å². The Labute approximate surface area is 164 Å². The van der Waals surface area contributed by atoms with Crippen LogP contribution in [0.2, 0.25) is 0 Å². The molecule has 0 fully saturated rings. The van der Waals surface area contributed by atoms with Gasteiger partial charge < -0.3 is 4.74 Å². The van der Waals surface area contributed by atoms with Crippen molar-refractivity contribution in [1.29, 1.82) is 0 Å². The number of ketones is 1. The van der Waals surface area contributed by atoms with Crippen LogP contribution in [0.1, 0.15) is 53.7 Å². The van der Waals surface area contributed by atoms with Crippen LogP contribution in [0.3, 0.4) is 0 Å². The maximum atomic E-state index is 13.3. The normalized spacial score (nSPS) is 17.3. The number of hydrogen-bond donors (Lipinski definition) is 0. The van der Waals surface area contributed by atoms with Crippen molar-refractivity contribution < 1.29 is 14.3 Å². The first kappa shape index (κ1) is 18.4. The maximum absolute atomic E-state index is 13.3. The third-order valence-corrected chi connectivity index (χ3v) is 5.91. The van der Waals surface area contributed by atoms with Crippen molar-refractivity contribution >= 4 is 17.4 Å². The Kier molecular flexibility index (Phi) is 4.50. The molecule has 0 radical (unpaired) electrons. The summed E-state index contributed by atoms with van der Waals surface area (Å²) < 4.78 is 6.10. The molecule has 28 heavy (non-hydrogen) atoms. The molecule has 4 heteroatoms. The molecule has 0 bridgehead atoms. The Balaban J connectivity index is 1.84. The van der Waals surface area contributed by atoms with Gasteiger partial charge in [0, 0.05) is 16.7 Å². The van der Waals surface area contributed by atoms with E-state index in [0.717, 1.165) is 11.1 Å². The van der Waals surface area contributed by atoms with E-state index in [2.05, 4.69) is 4.99 Å². The zero-order valence-corrected chi connectivity index (χ0v) is 16.4. The molecular formula is C24H23NO3. The molecule has 0 N–H and O–H groups in total. The number of aryl methyl sites for hydroxylation is 1. The standard InChI is InChI=1S/C24H23NO3/c1-4-24(5-2)19-20(25-23(24)27)17-8-6-7-9-18(17)21(26)22(19)28-14-16-12-10-15(3)11-13-16/h6-13H,4-5,14H2,1-3H3. The van der Waals surface area contributed by atoms with Crippen LogP contribution in [0.15, 0.2) is 64.9 Å². The lowest BCUT2D eigenvalue weighted by molar-refractivity contribution is -0.124. The summed E-state index contributed by atoms with van der Waals surface area (Å²) in [4.78, 5) is 30.6. The van der Waals surface area contributed by atoms with Gasteiger partial charge in [-0.1, -0.05) is 67.9 Å². The lowest BCUT2D eigenvalue weighted by Crippen LogP contribution is -2.33. The molecule has 0 unspecified atom stereocenters. The zero-order chi connectivity index (χ0) is 19.9. The molecule has 0 saturated heterocycles. The summed E-state index contributed by atoms with van der Waals surface area (Å²) in [6.45, 7) is 6.24. The van der Waals surface area contributed by atoms with Gasteiger partial charge in [0.2, 0.25) is 5.78 Å². The van der Waals surface area contributed by atoms with Crippen LogP contribution >= 0.6 is 0 Å². The predicted molar refractivity (Wildman–Crippen MR) is 108 cm³/mol. The van der Waals surface area contributed by atoms with Crippen LogP contribution in [0, 0.1) is 12.3 Å². The molecule has 4 rings (SSSR count). The molecule has 0 spiro atoms. The third-order valence-electron chi connectivity index (χ3n) is 5.91. The molecule has 2 aromatic rings. The number of allylic oxidation sites excluding steroid dienone is 1. The number of fused-ring (bicyclic) bond motifs is 3. The number of hydrogen-bond acceptors (Lipinski definition) is 3. The van der Waals surface area contributed by atoms with E-state index in [1.807, 2.05) is 63.2 Å². The Morgan fingerprint density at radius 2 is 1.57 bits per heavy atom. The SMILES string of the molecule is CCC1(CC)C(=O)N=C2C1=C(OCc1ccc(C)cc1)C(=O)c1ccccc12. The summed E-state index contributed by atoms with van der Waals surface area (Å²) in [5.41, 5.74) is 3.89. The molecule has 1 aliphatic heterocycles. The van der Waals surface area contributed by atoms with Crippen LogP contribution < -0.4 is 0 Å². The fourth-order valence-corrected chi connectivity index (χ4v) is 4.12. The Morgan fingerprint density at radius 3 is 2.21 bits per heavy atom. The Morgan fingerprint density at radius 1 is 0.929 bits per heavy atom. The zero-order valence-electron chi connectivity index (χ0n) is 16.4. The molecule has 1 heterocycles. The van der Waals surface area contributed by atoms with E-state index >= 15 is 0 Å². The van der Waals surface area contributed by atoms with E-state index in [9.17, 15) is 9.59 Å². The smallest absolute Gasteiger partial charge is 0.257 e. The second kappa shape index (κ2) is 6.86. The second-order valence-corrected chi connectivity index (χ2v) is 7.41. The molecule has 1 aliphatic carbocycles. The minimum absolute atomic E-state index is 0.169. The van der Waals surface area contributed by atoms with Crippen LogP contribution in [0.4, 0.5) is 0 Å². The first-order valence-electron chi connectivity index (χ1n) is 9.72. The average Bonchev–Trinajstić information content (AvgIpc) is 3.02. The van der Waals surface area contributed by atoms with E-state index in [4.69, 9.17) is 4.74 Å². The molecule has 0 aromatic heterocycles. The topological polar surface area (TPSA) is 55.7 Å². The fraction of sp³-hybridized carbons (Fsp3) is 0.292. The number of carbonyl (C=O) groups is 2. The van der Waals surface area contributed by atoms with Crippen LogP contribution in [-0.4, -0.2) is 17.4 Å². The molecule has 0 saturated carbocycles. The number of carbonyl (C=O) groups excluding carboxylic acids is 2. The van der Waals surface area contributed by atoms with Gasteiger partial charge in [-0.25, -0.2) is 4.99 Å². The van der Waals surface area contributed by atoms with Gasteiger partial charge >= 0.3 is 0 Å². The van der Waals surface area contributed by atoms with Gasteiger partial charge in [0.1, 0.15) is 6.61 Å². The number of rotatable bonds is 5. The lowest BCUT2D eigenvalue weighted by atomic mass is 9.70. The second-order valence-electron chi connectivity index (χ2n) is 7.41. The maximum Gasteiger partial charge on any atom is 0.257 e. The highest BCUT2D eigenvalue weighted by atomic mass is 16.5. The summed E-state index contributed by atoms with van der Waals surface area (Å²) in [7, 11) is 0. The van der Waals surface area contributed by atoms with Crippen LogP contribution in [0.25, 0.3) is 0 Å². The van der Waals surface area contributed by atoms with Crippen LogP contribution in [-0.2, 0) is 16.1 Å². The lowest BCUT2D eigenvalue weighted by Gasteiger charge is -2.30. The molecule has 142 valence electrons. The molecule has 2 aliphatic rings. The Hall–Kier alpha value is -3.01. The first-order chi connectivity index (χ1) is 13.5. The van der Waals surface area contributed by atoms with Crippen LogP contribution in [0.5, 0.6) is 0 Å². The summed E-state index contributed by atoms with van der Waals surface area (Å²) in [5.74, 6) is -0.0753. The van der Waals surface area contributed by atoms with E-state index in [0.29, 0.717) is 29.7 Å². The minimum atomic E-state index is -0.791. The van der Waals surface area contributed by atoms with Crippen molar-refractivity contribution in [2.45, 2.75) is 40.2 Å².